The summed E-state index contributed by atoms with van der Waals surface area (Å²) < 4.78 is 11.0. The first-order valence-corrected chi connectivity index (χ1v) is 9.74. The van der Waals surface area contributed by atoms with Gasteiger partial charge in [-0.15, -0.1) is 0 Å². The van der Waals surface area contributed by atoms with Crippen molar-refractivity contribution < 1.29 is 19.1 Å². The summed E-state index contributed by atoms with van der Waals surface area (Å²) in [5, 5.41) is 2.84. The summed E-state index contributed by atoms with van der Waals surface area (Å²) in [6, 6.07) is 11.2. The second-order valence-corrected chi connectivity index (χ2v) is 7.06. The minimum absolute atomic E-state index is 0.000853. The van der Waals surface area contributed by atoms with Crippen molar-refractivity contribution in [3.8, 4) is 11.5 Å². The summed E-state index contributed by atoms with van der Waals surface area (Å²) in [6.07, 6.45) is 3.24. The molecule has 2 aromatic carbocycles. The number of amides is 2. The van der Waals surface area contributed by atoms with E-state index in [-0.39, 0.29) is 18.4 Å². The lowest BCUT2D eigenvalue weighted by Crippen LogP contribution is -2.37. The largest absolute Gasteiger partial charge is 0.486 e. The molecule has 2 aromatic rings. The van der Waals surface area contributed by atoms with Gasteiger partial charge in [-0.3, -0.25) is 9.59 Å². The molecular formula is C22H24N2O4. The Morgan fingerprint density at radius 2 is 1.79 bits per heavy atom. The standard InChI is InChI=1S/C22H24N2O4/c1-2-24(22(26)17-7-6-15-4-3-5-16(15)12-17)14-21(25)23-18-8-9-19-20(13-18)28-11-10-27-19/h6-9,12-13H,2-5,10-11,14H2,1H3,(H,23,25). The van der Waals surface area contributed by atoms with Crippen LogP contribution in [0.3, 0.4) is 0 Å². The summed E-state index contributed by atoms with van der Waals surface area (Å²) in [5.74, 6) is 0.930. The van der Waals surface area contributed by atoms with Crippen molar-refractivity contribution >= 4 is 17.5 Å². The van der Waals surface area contributed by atoms with Crippen molar-refractivity contribution in [1.29, 1.82) is 0 Å². The zero-order chi connectivity index (χ0) is 19.5. The summed E-state index contributed by atoms with van der Waals surface area (Å²) >= 11 is 0. The van der Waals surface area contributed by atoms with Crippen LogP contribution in [0, 0.1) is 0 Å². The molecule has 0 bridgehead atoms. The van der Waals surface area contributed by atoms with Crippen LogP contribution in [-0.2, 0) is 17.6 Å². The van der Waals surface area contributed by atoms with Gasteiger partial charge in [0.1, 0.15) is 19.8 Å². The Balaban J connectivity index is 1.41. The van der Waals surface area contributed by atoms with Gasteiger partial charge >= 0.3 is 0 Å². The first-order valence-electron chi connectivity index (χ1n) is 9.74. The number of ether oxygens (including phenoxy) is 2. The average molecular weight is 380 g/mol. The molecule has 6 nitrogen and oxygen atoms in total. The number of hydrogen-bond donors (Lipinski definition) is 1. The summed E-state index contributed by atoms with van der Waals surface area (Å²) in [4.78, 5) is 26.9. The third-order valence-electron chi connectivity index (χ3n) is 5.17. The SMILES string of the molecule is CCN(CC(=O)Nc1ccc2c(c1)OCCO2)C(=O)c1ccc2c(c1)CCC2. The highest BCUT2D eigenvalue weighted by Gasteiger charge is 2.20. The maximum absolute atomic E-state index is 12.9. The first kappa shape index (κ1) is 18.3. The number of rotatable bonds is 5. The number of nitrogens with zero attached hydrogens (tertiary/aromatic N) is 1. The monoisotopic (exact) mass is 380 g/mol. The van der Waals surface area contributed by atoms with Gasteiger partial charge in [-0.25, -0.2) is 0 Å². The predicted octanol–water partition coefficient (Wildman–Crippen LogP) is 3.05. The minimum atomic E-state index is -0.243. The molecule has 4 rings (SSSR count). The van der Waals surface area contributed by atoms with E-state index in [2.05, 4.69) is 5.32 Å². The van der Waals surface area contributed by atoms with E-state index in [0.29, 0.717) is 42.5 Å². The van der Waals surface area contributed by atoms with Crippen LogP contribution < -0.4 is 14.8 Å². The van der Waals surface area contributed by atoms with Gasteiger partial charge in [-0.2, -0.15) is 0 Å². The third kappa shape index (κ3) is 3.81. The van der Waals surface area contributed by atoms with E-state index in [1.165, 1.54) is 11.1 Å². The number of carbonyl (C=O) groups excluding carboxylic acids is 2. The maximum atomic E-state index is 12.9. The van der Waals surface area contributed by atoms with Gasteiger partial charge in [0.2, 0.25) is 5.91 Å². The highest BCUT2D eigenvalue weighted by Crippen LogP contribution is 2.32. The molecule has 0 fully saturated rings. The molecule has 0 spiro atoms. The average Bonchev–Trinajstić information content (AvgIpc) is 3.19. The van der Waals surface area contributed by atoms with Gasteiger partial charge in [0.15, 0.2) is 11.5 Å². The second-order valence-electron chi connectivity index (χ2n) is 7.06. The first-order chi connectivity index (χ1) is 13.6. The highest BCUT2D eigenvalue weighted by molar-refractivity contribution is 5.99. The number of anilines is 1. The lowest BCUT2D eigenvalue weighted by Gasteiger charge is -2.22. The molecule has 0 saturated heterocycles. The number of nitrogens with one attached hydrogen (secondary N) is 1. The van der Waals surface area contributed by atoms with Crippen LogP contribution in [-0.4, -0.2) is 43.0 Å². The summed E-state index contributed by atoms with van der Waals surface area (Å²) in [5.41, 5.74) is 3.85. The molecule has 28 heavy (non-hydrogen) atoms. The van der Waals surface area contributed by atoms with Crippen LogP contribution >= 0.6 is 0 Å². The Labute approximate surface area is 164 Å². The van der Waals surface area contributed by atoms with E-state index in [9.17, 15) is 9.59 Å². The van der Waals surface area contributed by atoms with Gasteiger partial charge in [0.25, 0.3) is 5.91 Å². The Morgan fingerprint density at radius 1 is 1.00 bits per heavy atom. The number of carbonyl (C=O) groups is 2. The zero-order valence-corrected chi connectivity index (χ0v) is 16.0. The van der Waals surface area contributed by atoms with Crippen LogP contribution in [0.25, 0.3) is 0 Å². The summed E-state index contributed by atoms with van der Waals surface area (Å²) in [6.45, 7) is 3.35. The Hall–Kier alpha value is -3.02. The third-order valence-corrected chi connectivity index (χ3v) is 5.17. The summed E-state index contributed by atoms with van der Waals surface area (Å²) in [7, 11) is 0. The molecule has 0 saturated carbocycles. The Morgan fingerprint density at radius 3 is 2.61 bits per heavy atom. The lowest BCUT2D eigenvalue weighted by molar-refractivity contribution is -0.116. The molecular weight excluding hydrogens is 356 g/mol. The van der Waals surface area contributed by atoms with Crippen LogP contribution in [0.15, 0.2) is 36.4 Å². The molecule has 0 atom stereocenters. The zero-order valence-electron chi connectivity index (χ0n) is 16.0. The van der Waals surface area contributed by atoms with E-state index in [1.807, 2.05) is 25.1 Å². The van der Waals surface area contributed by atoms with Crippen LogP contribution in [0.2, 0.25) is 0 Å². The van der Waals surface area contributed by atoms with Crippen molar-refractivity contribution in [3.63, 3.8) is 0 Å². The van der Waals surface area contributed by atoms with E-state index >= 15 is 0 Å². The number of fused-ring (bicyclic) bond motifs is 2. The van der Waals surface area contributed by atoms with Crippen molar-refractivity contribution in [3.05, 3.63) is 53.1 Å². The van der Waals surface area contributed by atoms with Crippen LogP contribution in [0.5, 0.6) is 11.5 Å². The maximum Gasteiger partial charge on any atom is 0.254 e. The number of hydrogen-bond acceptors (Lipinski definition) is 4. The predicted molar refractivity (Wildman–Crippen MR) is 106 cm³/mol. The quantitative estimate of drug-likeness (QED) is 0.866. The molecule has 1 N–H and O–H groups in total. The molecule has 2 amide bonds. The number of likely N-dealkylation sites (N-methyl/N-ethyl adjacent to an activating group) is 1. The van der Waals surface area contributed by atoms with Gasteiger partial charge in [-0.05, 0) is 61.6 Å². The fourth-order valence-electron chi connectivity index (χ4n) is 3.71. The minimum Gasteiger partial charge on any atom is -0.486 e. The van der Waals surface area contributed by atoms with Crippen molar-refractivity contribution in [2.45, 2.75) is 26.2 Å². The van der Waals surface area contributed by atoms with E-state index in [0.717, 1.165) is 19.3 Å². The van der Waals surface area contributed by atoms with Crippen LogP contribution in [0.4, 0.5) is 5.69 Å². The van der Waals surface area contributed by atoms with E-state index in [4.69, 9.17) is 9.47 Å². The molecule has 0 aromatic heterocycles. The number of benzene rings is 2. The topological polar surface area (TPSA) is 67.9 Å². The fraction of sp³-hybridized carbons (Fsp3) is 0.364. The molecule has 6 heteroatoms. The smallest absolute Gasteiger partial charge is 0.254 e. The Bertz CT molecular complexity index is 909. The molecule has 1 aliphatic carbocycles. The molecule has 146 valence electrons. The molecule has 0 unspecified atom stereocenters. The lowest BCUT2D eigenvalue weighted by atomic mass is 10.1. The molecule has 1 heterocycles. The van der Waals surface area contributed by atoms with Gasteiger partial charge in [-0.1, -0.05) is 6.07 Å². The van der Waals surface area contributed by atoms with E-state index in [1.54, 1.807) is 23.1 Å². The highest BCUT2D eigenvalue weighted by atomic mass is 16.6. The van der Waals surface area contributed by atoms with Crippen molar-refractivity contribution in [2.24, 2.45) is 0 Å². The Kier molecular flexibility index (Phi) is 5.19. The molecule has 1 aliphatic heterocycles. The fourth-order valence-corrected chi connectivity index (χ4v) is 3.71. The molecule has 0 radical (unpaired) electrons. The van der Waals surface area contributed by atoms with Gasteiger partial charge in [0.05, 0.1) is 0 Å². The van der Waals surface area contributed by atoms with Crippen molar-refractivity contribution in [2.75, 3.05) is 31.6 Å². The number of aryl methyl sites for hydroxylation is 2. The second kappa shape index (κ2) is 7.92. The normalized spacial score (nSPS) is 14.3. The molecule has 2 aliphatic rings. The van der Waals surface area contributed by atoms with Crippen LogP contribution in [0.1, 0.15) is 34.8 Å². The van der Waals surface area contributed by atoms with Gasteiger partial charge in [0, 0.05) is 23.9 Å². The van der Waals surface area contributed by atoms with E-state index < -0.39 is 0 Å². The van der Waals surface area contributed by atoms with Gasteiger partial charge < -0.3 is 19.7 Å². The van der Waals surface area contributed by atoms with Crippen molar-refractivity contribution in [1.82, 2.24) is 4.90 Å².